The molecule has 1 amide bonds. The van der Waals surface area contributed by atoms with Crippen molar-refractivity contribution in [2.24, 2.45) is 0 Å². The van der Waals surface area contributed by atoms with Gasteiger partial charge in [0.25, 0.3) is 5.91 Å². The SMILES string of the molecule is COCCN(C(=O)c1ccccc1C(=O)O)c1nc(-c2ccc(OC)cc2)cs1. The maximum atomic E-state index is 13.2. The number of hydrogen-bond donors (Lipinski definition) is 1. The van der Waals surface area contributed by atoms with Crippen molar-refractivity contribution >= 4 is 28.3 Å². The van der Waals surface area contributed by atoms with E-state index in [9.17, 15) is 14.7 Å². The number of amides is 1. The number of carboxylic acid groups (broad SMARTS) is 1. The van der Waals surface area contributed by atoms with E-state index in [1.54, 1.807) is 26.4 Å². The molecular weight excluding hydrogens is 392 g/mol. The predicted molar refractivity (Wildman–Crippen MR) is 111 cm³/mol. The van der Waals surface area contributed by atoms with E-state index >= 15 is 0 Å². The second-order valence-corrected chi connectivity index (χ2v) is 6.88. The lowest BCUT2D eigenvalue weighted by molar-refractivity contribution is 0.0691. The van der Waals surface area contributed by atoms with Crippen molar-refractivity contribution < 1.29 is 24.2 Å². The van der Waals surface area contributed by atoms with Gasteiger partial charge in [-0.25, -0.2) is 9.78 Å². The summed E-state index contributed by atoms with van der Waals surface area (Å²) >= 11 is 1.31. The van der Waals surface area contributed by atoms with Gasteiger partial charge in [-0.05, 0) is 36.4 Å². The van der Waals surface area contributed by atoms with Gasteiger partial charge in [0.2, 0.25) is 0 Å². The first-order valence-corrected chi connectivity index (χ1v) is 9.66. The van der Waals surface area contributed by atoms with Crippen molar-refractivity contribution in [3.05, 3.63) is 65.0 Å². The van der Waals surface area contributed by atoms with Gasteiger partial charge in [-0.15, -0.1) is 11.3 Å². The normalized spacial score (nSPS) is 10.6. The number of nitrogens with zero attached hydrogens (tertiary/aromatic N) is 2. The Morgan fingerprint density at radius 1 is 1.07 bits per heavy atom. The molecule has 0 aliphatic rings. The van der Waals surface area contributed by atoms with Gasteiger partial charge in [-0.1, -0.05) is 12.1 Å². The fraction of sp³-hybridized carbons (Fsp3) is 0.190. The minimum absolute atomic E-state index is 0.0492. The third-order valence-corrected chi connectivity index (χ3v) is 5.12. The summed E-state index contributed by atoms with van der Waals surface area (Å²) in [6, 6.07) is 13.6. The minimum Gasteiger partial charge on any atom is -0.497 e. The van der Waals surface area contributed by atoms with E-state index in [4.69, 9.17) is 9.47 Å². The number of aromatic nitrogens is 1. The van der Waals surface area contributed by atoms with Crippen molar-refractivity contribution in [1.82, 2.24) is 4.98 Å². The zero-order valence-electron chi connectivity index (χ0n) is 16.0. The number of carboxylic acids is 1. The molecule has 1 N–H and O–H groups in total. The third-order valence-electron chi connectivity index (χ3n) is 4.26. The predicted octanol–water partition coefficient (Wildman–Crippen LogP) is 3.81. The Bertz CT molecular complexity index is 1000. The maximum Gasteiger partial charge on any atom is 0.336 e. The van der Waals surface area contributed by atoms with E-state index in [0.717, 1.165) is 17.0 Å². The molecule has 0 atom stereocenters. The Kier molecular flexibility index (Phi) is 6.58. The van der Waals surface area contributed by atoms with Crippen LogP contribution in [0.3, 0.4) is 0 Å². The summed E-state index contributed by atoms with van der Waals surface area (Å²) in [6.45, 7) is 0.539. The summed E-state index contributed by atoms with van der Waals surface area (Å²) in [6.07, 6.45) is 0. The fourth-order valence-corrected chi connectivity index (χ4v) is 3.61. The molecule has 0 radical (unpaired) electrons. The van der Waals surface area contributed by atoms with E-state index in [2.05, 4.69) is 4.98 Å². The molecule has 1 heterocycles. The standard InChI is InChI=1S/C21H20N2O5S/c1-27-12-11-23(19(24)16-5-3-4-6-17(16)20(25)26)21-22-18(13-29-21)14-7-9-15(28-2)10-8-14/h3-10,13H,11-12H2,1-2H3,(H,25,26). The van der Waals surface area contributed by atoms with E-state index in [1.807, 2.05) is 29.6 Å². The van der Waals surface area contributed by atoms with Crippen LogP contribution in [-0.4, -0.2) is 49.3 Å². The first kappa shape index (κ1) is 20.5. The van der Waals surface area contributed by atoms with Crippen molar-refractivity contribution in [2.45, 2.75) is 0 Å². The Morgan fingerprint density at radius 3 is 2.38 bits per heavy atom. The Morgan fingerprint density at radius 2 is 1.76 bits per heavy atom. The number of thiazole rings is 1. The van der Waals surface area contributed by atoms with E-state index < -0.39 is 11.9 Å². The molecule has 3 aromatic rings. The van der Waals surface area contributed by atoms with Gasteiger partial charge >= 0.3 is 5.97 Å². The molecule has 3 rings (SSSR count). The lowest BCUT2D eigenvalue weighted by atomic mass is 10.1. The van der Waals surface area contributed by atoms with Crippen molar-refractivity contribution in [1.29, 1.82) is 0 Å². The number of benzene rings is 2. The third kappa shape index (κ3) is 4.61. The van der Waals surface area contributed by atoms with Gasteiger partial charge in [0, 0.05) is 18.1 Å². The Balaban J connectivity index is 1.94. The Hall–Kier alpha value is -3.23. The highest BCUT2D eigenvalue weighted by atomic mass is 32.1. The van der Waals surface area contributed by atoms with Crippen LogP contribution in [0.25, 0.3) is 11.3 Å². The first-order chi connectivity index (χ1) is 14.0. The molecule has 0 saturated carbocycles. The van der Waals surface area contributed by atoms with Crippen molar-refractivity contribution in [3.63, 3.8) is 0 Å². The molecule has 0 aliphatic carbocycles. The van der Waals surface area contributed by atoms with E-state index in [-0.39, 0.29) is 17.7 Å². The molecule has 1 aromatic heterocycles. The van der Waals surface area contributed by atoms with Crippen molar-refractivity contribution in [2.75, 3.05) is 32.3 Å². The molecule has 0 saturated heterocycles. The smallest absolute Gasteiger partial charge is 0.336 e. The summed E-state index contributed by atoms with van der Waals surface area (Å²) in [5, 5.41) is 11.7. The van der Waals surface area contributed by atoms with Gasteiger partial charge in [0.15, 0.2) is 5.13 Å². The fourth-order valence-electron chi connectivity index (χ4n) is 2.75. The molecule has 0 aliphatic heterocycles. The number of anilines is 1. The number of carbonyl (C=O) groups is 2. The maximum absolute atomic E-state index is 13.2. The number of methoxy groups -OCH3 is 2. The summed E-state index contributed by atoms with van der Waals surface area (Å²) in [5.41, 5.74) is 1.66. The molecule has 0 unspecified atom stereocenters. The summed E-state index contributed by atoms with van der Waals surface area (Å²) in [4.78, 5) is 30.7. The molecule has 150 valence electrons. The minimum atomic E-state index is -1.15. The van der Waals surface area contributed by atoms with Gasteiger partial charge in [-0.3, -0.25) is 9.69 Å². The summed E-state index contributed by atoms with van der Waals surface area (Å²) < 4.78 is 10.3. The van der Waals surface area contributed by atoms with Crippen LogP contribution in [0.1, 0.15) is 20.7 Å². The molecule has 7 nitrogen and oxygen atoms in total. The lowest BCUT2D eigenvalue weighted by Crippen LogP contribution is -2.34. The number of ether oxygens (including phenoxy) is 2. The monoisotopic (exact) mass is 412 g/mol. The number of aromatic carboxylic acids is 1. The molecule has 0 bridgehead atoms. The van der Waals surface area contributed by atoms with Crippen LogP contribution in [0.15, 0.2) is 53.9 Å². The molecule has 0 spiro atoms. The van der Waals surface area contributed by atoms with Crippen LogP contribution >= 0.6 is 11.3 Å². The number of carbonyl (C=O) groups excluding carboxylic acids is 1. The average Bonchev–Trinajstić information content (AvgIpc) is 3.23. The first-order valence-electron chi connectivity index (χ1n) is 8.78. The number of hydrogen-bond acceptors (Lipinski definition) is 6. The van der Waals surface area contributed by atoms with Crippen LogP contribution in [0.4, 0.5) is 5.13 Å². The van der Waals surface area contributed by atoms with Gasteiger partial charge in [0.05, 0.1) is 37.1 Å². The van der Waals surface area contributed by atoms with Crippen LogP contribution < -0.4 is 9.64 Å². The van der Waals surface area contributed by atoms with Gasteiger partial charge < -0.3 is 14.6 Å². The van der Waals surface area contributed by atoms with Crippen LogP contribution in [0.2, 0.25) is 0 Å². The highest BCUT2D eigenvalue weighted by Crippen LogP contribution is 2.29. The molecular formula is C21H20N2O5S. The zero-order chi connectivity index (χ0) is 20.8. The van der Waals surface area contributed by atoms with Crippen molar-refractivity contribution in [3.8, 4) is 17.0 Å². The van der Waals surface area contributed by atoms with Crippen LogP contribution in [-0.2, 0) is 4.74 Å². The number of rotatable bonds is 8. The van der Waals surface area contributed by atoms with Crippen LogP contribution in [0, 0.1) is 0 Å². The van der Waals surface area contributed by atoms with Gasteiger partial charge in [-0.2, -0.15) is 0 Å². The van der Waals surface area contributed by atoms with E-state index in [1.165, 1.54) is 28.4 Å². The quantitative estimate of drug-likeness (QED) is 0.605. The molecule has 29 heavy (non-hydrogen) atoms. The van der Waals surface area contributed by atoms with E-state index in [0.29, 0.717) is 11.7 Å². The molecule has 8 heteroatoms. The Labute approximate surface area is 172 Å². The highest BCUT2D eigenvalue weighted by Gasteiger charge is 2.25. The zero-order valence-corrected chi connectivity index (χ0v) is 16.8. The van der Waals surface area contributed by atoms with Gasteiger partial charge in [0.1, 0.15) is 5.75 Å². The topological polar surface area (TPSA) is 89.0 Å². The largest absolute Gasteiger partial charge is 0.497 e. The second-order valence-electron chi connectivity index (χ2n) is 6.04. The summed E-state index contributed by atoms with van der Waals surface area (Å²) in [5.74, 6) is -0.847. The second kappa shape index (κ2) is 9.31. The summed E-state index contributed by atoms with van der Waals surface area (Å²) in [7, 11) is 3.14. The van der Waals surface area contributed by atoms with Crippen LogP contribution in [0.5, 0.6) is 5.75 Å². The average molecular weight is 412 g/mol. The lowest BCUT2D eigenvalue weighted by Gasteiger charge is -2.20. The highest BCUT2D eigenvalue weighted by molar-refractivity contribution is 7.14. The molecule has 0 fully saturated rings. The molecule has 2 aromatic carbocycles.